The topological polar surface area (TPSA) is 76.7 Å². The first-order valence-corrected chi connectivity index (χ1v) is 10.5. The van der Waals surface area contributed by atoms with Crippen molar-refractivity contribution in [1.82, 2.24) is 0 Å². The van der Waals surface area contributed by atoms with Gasteiger partial charge < -0.3 is 14.3 Å². The summed E-state index contributed by atoms with van der Waals surface area (Å²) in [6.45, 7) is 8.80. The van der Waals surface area contributed by atoms with Gasteiger partial charge in [0.25, 0.3) is 0 Å². The number of methoxy groups -OCH3 is 1. The molecule has 1 aromatic rings. The van der Waals surface area contributed by atoms with Gasteiger partial charge in [-0.1, -0.05) is 25.5 Å². The number of ether oxygens (including phenoxy) is 1. The minimum atomic E-state index is -0.993. The van der Waals surface area contributed by atoms with E-state index in [4.69, 9.17) is 14.3 Å². The van der Waals surface area contributed by atoms with Gasteiger partial charge in [0.1, 0.15) is 5.76 Å². The number of carbonyl (C=O) groups excluding carboxylic acids is 1. The fourth-order valence-corrected chi connectivity index (χ4v) is 6.11. The fourth-order valence-electron chi connectivity index (χ4n) is 6.11. The van der Waals surface area contributed by atoms with Gasteiger partial charge in [0.15, 0.2) is 0 Å². The molecule has 5 nitrogen and oxygen atoms in total. The van der Waals surface area contributed by atoms with Crippen molar-refractivity contribution in [2.24, 2.45) is 22.7 Å². The van der Waals surface area contributed by atoms with Crippen LogP contribution in [-0.4, -0.2) is 24.2 Å². The molecule has 0 radical (unpaired) electrons. The number of furan rings is 1. The zero-order chi connectivity index (χ0) is 21.2. The lowest BCUT2D eigenvalue weighted by molar-refractivity contribution is -0.168. The standard InChI is InChI=1S/C24H32O5/c1-16-6-10-20-23(2,13-5-14-24(20,3)22(27)28-4)18(16)8-7-17-12-15-29-19(17)9-11-21(25)26/h9,11-12,15,18,20H,1,5-8,10,13-14H2,2-4H3,(H,25,26)/t18-,20-,23+,24-/m0/s1. The Balaban J connectivity index is 1.82. The summed E-state index contributed by atoms with van der Waals surface area (Å²) in [6, 6.07) is 1.91. The van der Waals surface area contributed by atoms with Gasteiger partial charge in [0.05, 0.1) is 18.8 Å². The summed E-state index contributed by atoms with van der Waals surface area (Å²) in [5.74, 6) is 0.112. The van der Waals surface area contributed by atoms with E-state index in [2.05, 4.69) is 20.4 Å². The maximum atomic E-state index is 12.7. The Morgan fingerprint density at radius 2 is 2.14 bits per heavy atom. The summed E-state index contributed by atoms with van der Waals surface area (Å²) < 4.78 is 10.7. The molecule has 1 heterocycles. The molecule has 0 amide bonds. The lowest BCUT2D eigenvalue weighted by Gasteiger charge is -2.57. The molecule has 2 saturated carbocycles. The van der Waals surface area contributed by atoms with Crippen LogP contribution in [0.25, 0.3) is 6.08 Å². The Morgan fingerprint density at radius 1 is 1.38 bits per heavy atom. The molecule has 29 heavy (non-hydrogen) atoms. The third-order valence-electron chi connectivity index (χ3n) is 7.53. The summed E-state index contributed by atoms with van der Waals surface area (Å²) in [5.41, 5.74) is 1.85. The second-order valence-electron chi connectivity index (χ2n) is 9.09. The third-order valence-corrected chi connectivity index (χ3v) is 7.53. The molecular formula is C24H32O5. The van der Waals surface area contributed by atoms with Gasteiger partial charge in [-0.25, -0.2) is 4.79 Å². The monoisotopic (exact) mass is 400 g/mol. The highest BCUT2D eigenvalue weighted by Gasteiger charge is 2.57. The van der Waals surface area contributed by atoms with E-state index in [1.807, 2.05) is 6.07 Å². The van der Waals surface area contributed by atoms with E-state index in [1.54, 1.807) is 6.26 Å². The molecule has 0 saturated heterocycles. The van der Waals surface area contributed by atoms with Crippen LogP contribution in [0.5, 0.6) is 0 Å². The molecule has 1 N–H and O–H groups in total. The van der Waals surface area contributed by atoms with Gasteiger partial charge in [-0.3, -0.25) is 4.79 Å². The number of fused-ring (bicyclic) bond motifs is 1. The summed E-state index contributed by atoms with van der Waals surface area (Å²) in [4.78, 5) is 23.5. The van der Waals surface area contributed by atoms with Gasteiger partial charge in [-0.2, -0.15) is 0 Å². The smallest absolute Gasteiger partial charge is 0.328 e. The van der Waals surface area contributed by atoms with Crippen LogP contribution in [0.1, 0.15) is 63.7 Å². The highest BCUT2D eigenvalue weighted by molar-refractivity contribution is 5.85. The Labute approximate surface area is 172 Å². The van der Waals surface area contributed by atoms with Crippen molar-refractivity contribution >= 4 is 18.0 Å². The van der Waals surface area contributed by atoms with Crippen LogP contribution in [0.2, 0.25) is 0 Å². The van der Waals surface area contributed by atoms with E-state index < -0.39 is 11.4 Å². The van der Waals surface area contributed by atoms with Gasteiger partial charge in [0, 0.05) is 6.08 Å². The van der Waals surface area contributed by atoms with Crippen molar-refractivity contribution in [2.75, 3.05) is 7.11 Å². The minimum Gasteiger partial charge on any atom is -0.478 e. The first kappa shape index (κ1) is 21.4. The summed E-state index contributed by atoms with van der Waals surface area (Å²) >= 11 is 0. The van der Waals surface area contributed by atoms with Gasteiger partial charge in [0.2, 0.25) is 0 Å². The van der Waals surface area contributed by atoms with Crippen LogP contribution < -0.4 is 0 Å². The lowest BCUT2D eigenvalue weighted by atomic mass is 9.46. The van der Waals surface area contributed by atoms with Crippen molar-refractivity contribution in [2.45, 2.75) is 58.8 Å². The number of hydrogen-bond acceptors (Lipinski definition) is 4. The van der Waals surface area contributed by atoms with Crippen molar-refractivity contribution in [3.05, 3.63) is 41.9 Å². The third kappa shape index (κ3) is 3.92. The fraction of sp³-hybridized carbons (Fsp3) is 0.583. The zero-order valence-corrected chi connectivity index (χ0v) is 17.7. The normalized spacial score (nSPS) is 32.2. The number of carbonyl (C=O) groups is 2. The Kier molecular flexibility index (Phi) is 6.06. The van der Waals surface area contributed by atoms with Crippen molar-refractivity contribution in [3.63, 3.8) is 0 Å². The molecular weight excluding hydrogens is 368 g/mol. The van der Waals surface area contributed by atoms with Crippen LogP contribution in [-0.2, 0) is 20.7 Å². The Bertz CT molecular complexity index is 819. The molecule has 0 unspecified atom stereocenters. The highest BCUT2D eigenvalue weighted by atomic mass is 16.5. The maximum Gasteiger partial charge on any atom is 0.328 e. The van der Waals surface area contributed by atoms with E-state index in [9.17, 15) is 9.59 Å². The van der Waals surface area contributed by atoms with Crippen LogP contribution in [0.15, 0.2) is 35.0 Å². The summed E-state index contributed by atoms with van der Waals surface area (Å²) in [5, 5.41) is 8.87. The largest absolute Gasteiger partial charge is 0.478 e. The average Bonchev–Trinajstić information content (AvgIpc) is 3.12. The van der Waals surface area contributed by atoms with E-state index in [1.165, 1.54) is 18.8 Å². The second-order valence-corrected chi connectivity index (χ2v) is 9.09. The highest BCUT2D eigenvalue weighted by Crippen LogP contribution is 2.62. The van der Waals surface area contributed by atoms with E-state index in [0.717, 1.165) is 56.6 Å². The van der Waals surface area contributed by atoms with Crippen LogP contribution in [0.4, 0.5) is 0 Å². The molecule has 4 atom stereocenters. The van der Waals surface area contributed by atoms with Gasteiger partial charge >= 0.3 is 11.9 Å². The van der Waals surface area contributed by atoms with E-state index >= 15 is 0 Å². The molecule has 0 bridgehead atoms. The predicted molar refractivity (Wildman–Crippen MR) is 111 cm³/mol. The molecule has 0 spiro atoms. The number of esters is 1. The molecule has 2 aliphatic rings. The lowest BCUT2D eigenvalue weighted by Crippen LogP contribution is -2.53. The number of carboxylic acids is 1. The number of aliphatic carboxylic acids is 1. The molecule has 158 valence electrons. The first-order chi connectivity index (χ1) is 13.7. The quantitative estimate of drug-likeness (QED) is 0.400. The number of rotatable bonds is 6. The SMILES string of the molecule is C=C1CC[C@H]2[C@](C)(CCC[C@]2(C)C(=O)OC)[C@H]1CCc1ccoc1C=CC(=O)O. The van der Waals surface area contributed by atoms with Crippen molar-refractivity contribution in [1.29, 1.82) is 0 Å². The van der Waals surface area contributed by atoms with Crippen LogP contribution >= 0.6 is 0 Å². The summed E-state index contributed by atoms with van der Waals surface area (Å²) in [6.07, 6.45) is 10.8. The number of carboxylic acid groups (broad SMARTS) is 1. The molecule has 2 fully saturated rings. The van der Waals surface area contributed by atoms with Gasteiger partial charge in [-0.05, 0) is 80.4 Å². The van der Waals surface area contributed by atoms with Crippen molar-refractivity contribution in [3.8, 4) is 0 Å². The predicted octanol–water partition coefficient (Wildman–Crippen LogP) is 5.26. The molecule has 0 aliphatic heterocycles. The zero-order valence-electron chi connectivity index (χ0n) is 17.7. The van der Waals surface area contributed by atoms with Crippen molar-refractivity contribution < 1.29 is 23.8 Å². The average molecular weight is 401 g/mol. The van der Waals surface area contributed by atoms with E-state index in [-0.39, 0.29) is 17.3 Å². The molecule has 1 aromatic heterocycles. The summed E-state index contributed by atoms with van der Waals surface area (Å²) in [7, 11) is 1.49. The van der Waals surface area contributed by atoms with Crippen LogP contribution in [0.3, 0.4) is 0 Å². The van der Waals surface area contributed by atoms with Gasteiger partial charge in [-0.15, -0.1) is 0 Å². The van der Waals surface area contributed by atoms with E-state index in [0.29, 0.717) is 11.7 Å². The second kappa shape index (κ2) is 8.21. The maximum absolute atomic E-state index is 12.7. The molecule has 3 rings (SSSR count). The first-order valence-electron chi connectivity index (χ1n) is 10.5. The molecule has 0 aromatic carbocycles. The Hall–Kier alpha value is -2.30. The minimum absolute atomic E-state index is 0.0112. The Morgan fingerprint density at radius 3 is 2.83 bits per heavy atom. The molecule has 5 heteroatoms. The number of allylic oxidation sites excluding steroid dienone is 1. The van der Waals surface area contributed by atoms with Crippen LogP contribution in [0, 0.1) is 22.7 Å². The number of hydrogen-bond donors (Lipinski definition) is 1. The number of aryl methyl sites for hydroxylation is 1. The molecule has 2 aliphatic carbocycles.